The summed E-state index contributed by atoms with van der Waals surface area (Å²) in [4.78, 5) is 27.5. The summed E-state index contributed by atoms with van der Waals surface area (Å²) in [5.41, 5.74) is 0.800. The fourth-order valence-electron chi connectivity index (χ4n) is 1.43. The zero-order chi connectivity index (χ0) is 13.4. The minimum absolute atomic E-state index is 0.172. The van der Waals surface area contributed by atoms with Gasteiger partial charge in [0.1, 0.15) is 6.42 Å². The molecule has 1 heterocycles. The number of carbonyl (C=O) groups excluding carboxylic acids is 1. The average molecular weight is 247 g/mol. The molecule has 0 saturated carbocycles. The molecule has 0 radical (unpaired) electrons. The van der Waals surface area contributed by atoms with E-state index in [0.717, 1.165) is 5.56 Å². The maximum atomic E-state index is 11.7. The van der Waals surface area contributed by atoms with Crippen LogP contribution in [0, 0.1) is 11.3 Å². The van der Waals surface area contributed by atoms with Crippen LogP contribution in [0.1, 0.15) is 18.4 Å². The lowest BCUT2D eigenvalue weighted by molar-refractivity contribution is -0.144. The van der Waals surface area contributed by atoms with Crippen molar-refractivity contribution in [2.24, 2.45) is 0 Å². The lowest BCUT2D eigenvalue weighted by Crippen LogP contribution is -2.32. The van der Waals surface area contributed by atoms with Crippen LogP contribution in [0.2, 0.25) is 0 Å². The predicted molar refractivity (Wildman–Crippen MR) is 62.1 cm³/mol. The molecule has 0 unspecified atom stereocenters. The summed E-state index contributed by atoms with van der Waals surface area (Å²) in [5, 5.41) is 17.1. The van der Waals surface area contributed by atoms with E-state index < -0.39 is 18.3 Å². The van der Waals surface area contributed by atoms with Gasteiger partial charge in [-0.3, -0.25) is 14.6 Å². The number of hydrogen-bond acceptors (Lipinski definition) is 4. The van der Waals surface area contributed by atoms with Gasteiger partial charge in [0.25, 0.3) is 0 Å². The van der Waals surface area contributed by atoms with Gasteiger partial charge in [-0.1, -0.05) is 6.07 Å². The van der Waals surface area contributed by atoms with Gasteiger partial charge in [0.05, 0.1) is 12.5 Å². The maximum Gasteiger partial charge on any atom is 0.312 e. The van der Waals surface area contributed by atoms with Crippen LogP contribution in [-0.4, -0.2) is 33.4 Å². The Morgan fingerprint density at radius 1 is 1.50 bits per heavy atom. The molecule has 94 valence electrons. The van der Waals surface area contributed by atoms with Crippen molar-refractivity contribution < 1.29 is 14.7 Å². The molecule has 0 bridgehead atoms. The van der Waals surface area contributed by atoms with Crippen LogP contribution < -0.4 is 0 Å². The molecular weight excluding hydrogens is 234 g/mol. The molecule has 0 aliphatic heterocycles. The van der Waals surface area contributed by atoms with Gasteiger partial charge in [-0.05, 0) is 11.6 Å². The molecule has 1 amide bonds. The van der Waals surface area contributed by atoms with Gasteiger partial charge in [0.2, 0.25) is 5.91 Å². The highest BCUT2D eigenvalue weighted by Gasteiger charge is 2.16. The Balaban J connectivity index is 2.69. The summed E-state index contributed by atoms with van der Waals surface area (Å²) in [6.07, 6.45) is 2.83. The number of aromatic nitrogens is 1. The molecule has 18 heavy (non-hydrogen) atoms. The molecule has 0 atom stereocenters. The Hall–Kier alpha value is -2.42. The van der Waals surface area contributed by atoms with Crippen LogP contribution in [0.3, 0.4) is 0 Å². The second-order valence-corrected chi connectivity index (χ2v) is 3.66. The van der Waals surface area contributed by atoms with Gasteiger partial charge in [0.15, 0.2) is 0 Å². The van der Waals surface area contributed by atoms with Crippen molar-refractivity contribution in [1.82, 2.24) is 9.88 Å². The summed E-state index contributed by atoms with van der Waals surface area (Å²) in [6, 6.07) is 5.46. The van der Waals surface area contributed by atoms with Crippen molar-refractivity contribution in [1.29, 1.82) is 5.26 Å². The molecule has 1 N–H and O–H groups in total. The molecule has 0 fully saturated rings. The average Bonchev–Trinajstić information content (AvgIpc) is 2.34. The van der Waals surface area contributed by atoms with Crippen molar-refractivity contribution in [2.45, 2.75) is 19.4 Å². The summed E-state index contributed by atoms with van der Waals surface area (Å²) < 4.78 is 0. The first kappa shape index (κ1) is 13.6. The zero-order valence-electron chi connectivity index (χ0n) is 9.74. The van der Waals surface area contributed by atoms with E-state index in [2.05, 4.69) is 4.98 Å². The number of amides is 1. The summed E-state index contributed by atoms with van der Waals surface area (Å²) in [6.45, 7) is 0.485. The van der Waals surface area contributed by atoms with Gasteiger partial charge in [-0.2, -0.15) is 5.26 Å². The summed E-state index contributed by atoms with van der Waals surface area (Å²) in [7, 11) is 0. The van der Waals surface area contributed by atoms with E-state index >= 15 is 0 Å². The van der Waals surface area contributed by atoms with Crippen molar-refractivity contribution in [3.8, 4) is 6.07 Å². The maximum absolute atomic E-state index is 11.7. The number of carbonyl (C=O) groups is 2. The third-order valence-electron chi connectivity index (χ3n) is 2.24. The molecule has 6 nitrogen and oxygen atoms in total. The van der Waals surface area contributed by atoms with Gasteiger partial charge in [-0.15, -0.1) is 0 Å². The molecule has 0 spiro atoms. The predicted octanol–water partition coefficient (Wildman–Crippen LogP) is 0.799. The number of nitriles is 1. The van der Waals surface area contributed by atoms with Crippen LogP contribution in [-0.2, 0) is 16.1 Å². The molecular formula is C12H13N3O3. The third-order valence-corrected chi connectivity index (χ3v) is 2.24. The van der Waals surface area contributed by atoms with Gasteiger partial charge in [-0.25, -0.2) is 0 Å². The number of pyridine rings is 1. The van der Waals surface area contributed by atoms with E-state index in [4.69, 9.17) is 10.4 Å². The van der Waals surface area contributed by atoms with Crippen LogP contribution in [0.4, 0.5) is 0 Å². The van der Waals surface area contributed by atoms with Gasteiger partial charge < -0.3 is 10.0 Å². The highest BCUT2D eigenvalue weighted by molar-refractivity contribution is 5.93. The normalized spacial score (nSPS) is 9.50. The van der Waals surface area contributed by atoms with E-state index in [-0.39, 0.29) is 19.5 Å². The minimum atomic E-state index is -1.17. The van der Waals surface area contributed by atoms with Crippen LogP contribution >= 0.6 is 0 Å². The molecule has 0 aliphatic rings. The molecule has 1 rings (SSSR count). The number of aliphatic carboxylic acids is 1. The lowest BCUT2D eigenvalue weighted by atomic mass is 10.2. The third kappa shape index (κ3) is 4.61. The topological polar surface area (TPSA) is 94.3 Å². The quantitative estimate of drug-likeness (QED) is 0.750. The first-order chi connectivity index (χ1) is 8.63. The van der Waals surface area contributed by atoms with E-state index in [0.29, 0.717) is 0 Å². The van der Waals surface area contributed by atoms with Crippen molar-refractivity contribution in [2.75, 3.05) is 6.54 Å². The molecule has 0 saturated heterocycles. The Bertz CT molecular complexity index is 453. The number of rotatable bonds is 6. The monoisotopic (exact) mass is 247 g/mol. The number of hydrogen-bond donors (Lipinski definition) is 1. The summed E-state index contributed by atoms with van der Waals surface area (Å²) in [5.74, 6) is -1.67. The van der Waals surface area contributed by atoms with Gasteiger partial charge >= 0.3 is 5.97 Å². The second-order valence-electron chi connectivity index (χ2n) is 3.66. The van der Waals surface area contributed by atoms with Crippen LogP contribution in [0.25, 0.3) is 0 Å². The largest absolute Gasteiger partial charge is 0.481 e. The van der Waals surface area contributed by atoms with Gasteiger partial charge in [0, 0.05) is 25.5 Å². The molecule has 1 aromatic heterocycles. The van der Waals surface area contributed by atoms with E-state index in [1.165, 1.54) is 4.90 Å². The molecule has 6 heteroatoms. The van der Waals surface area contributed by atoms with Crippen LogP contribution in [0.15, 0.2) is 24.5 Å². The zero-order valence-corrected chi connectivity index (χ0v) is 9.74. The first-order valence-corrected chi connectivity index (χ1v) is 5.39. The number of carboxylic acids is 1. The van der Waals surface area contributed by atoms with Crippen molar-refractivity contribution >= 4 is 11.9 Å². The second kappa shape index (κ2) is 7.01. The molecule has 0 aromatic carbocycles. The standard InChI is InChI=1S/C12H13N3O3/c13-4-2-6-15(11(16)7-12(17)18)9-10-3-1-5-14-8-10/h1,3,5,8H,2,6-7,9H2,(H,17,18). The first-order valence-electron chi connectivity index (χ1n) is 5.39. The fraction of sp³-hybridized carbons (Fsp3) is 0.333. The van der Waals surface area contributed by atoms with E-state index in [9.17, 15) is 9.59 Å². The number of nitrogens with zero attached hydrogens (tertiary/aromatic N) is 3. The molecule has 0 aliphatic carbocycles. The van der Waals surface area contributed by atoms with E-state index in [1.54, 1.807) is 24.5 Å². The molecule has 1 aromatic rings. The lowest BCUT2D eigenvalue weighted by Gasteiger charge is -2.20. The Labute approximate surface area is 104 Å². The SMILES string of the molecule is N#CCCN(Cc1cccnc1)C(=O)CC(=O)O. The Morgan fingerprint density at radius 2 is 2.28 bits per heavy atom. The Kier molecular flexibility index (Phi) is 5.32. The van der Waals surface area contributed by atoms with Crippen molar-refractivity contribution in [3.05, 3.63) is 30.1 Å². The summed E-state index contributed by atoms with van der Waals surface area (Å²) >= 11 is 0. The number of carboxylic acid groups (broad SMARTS) is 1. The van der Waals surface area contributed by atoms with Crippen LogP contribution in [0.5, 0.6) is 0 Å². The van der Waals surface area contributed by atoms with Crippen molar-refractivity contribution in [3.63, 3.8) is 0 Å². The highest BCUT2D eigenvalue weighted by Crippen LogP contribution is 2.05. The minimum Gasteiger partial charge on any atom is -0.481 e. The fourth-order valence-corrected chi connectivity index (χ4v) is 1.43. The highest BCUT2D eigenvalue weighted by atomic mass is 16.4. The smallest absolute Gasteiger partial charge is 0.312 e. The Morgan fingerprint density at radius 3 is 2.83 bits per heavy atom. The van der Waals surface area contributed by atoms with E-state index in [1.807, 2.05) is 6.07 Å².